The van der Waals surface area contributed by atoms with Gasteiger partial charge in [-0.2, -0.15) is 0 Å². The maximum absolute atomic E-state index is 13.2. The number of hydrogen-bond acceptors (Lipinski definition) is 3. The molecule has 0 spiro atoms. The van der Waals surface area contributed by atoms with Gasteiger partial charge in [0.15, 0.2) is 0 Å². The first-order valence-electron chi connectivity index (χ1n) is 5.99. The molecule has 6 heteroatoms. The van der Waals surface area contributed by atoms with Crippen molar-refractivity contribution < 1.29 is 23.8 Å². The Bertz CT molecular complexity index is 673. The summed E-state index contributed by atoms with van der Waals surface area (Å²) in [6, 6.07) is 8.23. The summed E-state index contributed by atoms with van der Waals surface area (Å²) in [7, 11) is 1.48. The molecule has 2 aromatic carbocycles. The van der Waals surface area contributed by atoms with Crippen LogP contribution in [-0.4, -0.2) is 18.2 Å². The van der Waals surface area contributed by atoms with Crippen LogP contribution in [0.5, 0.6) is 11.5 Å². The van der Waals surface area contributed by atoms with Crippen molar-refractivity contribution in [2.45, 2.75) is 6.61 Å². The van der Waals surface area contributed by atoms with Crippen LogP contribution in [0, 0.1) is 5.82 Å². The van der Waals surface area contributed by atoms with Crippen molar-refractivity contribution in [1.82, 2.24) is 0 Å². The highest BCUT2D eigenvalue weighted by molar-refractivity contribution is 6.32. The lowest BCUT2D eigenvalue weighted by atomic mass is 10.2. The van der Waals surface area contributed by atoms with E-state index in [1.165, 1.54) is 43.5 Å². The summed E-state index contributed by atoms with van der Waals surface area (Å²) in [5.41, 5.74) is 0.589. The Morgan fingerprint density at radius 3 is 2.57 bits per heavy atom. The molecular weight excluding hydrogens is 299 g/mol. The number of carboxylic acid groups (broad SMARTS) is 1. The van der Waals surface area contributed by atoms with E-state index in [-0.39, 0.29) is 17.2 Å². The molecule has 0 amide bonds. The third kappa shape index (κ3) is 3.64. The van der Waals surface area contributed by atoms with Crippen molar-refractivity contribution in [3.05, 3.63) is 58.4 Å². The van der Waals surface area contributed by atoms with E-state index in [1.54, 1.807) is 0 Å². The number of rotatable bonds is 5. The van der Waals surface area contributed by atoms with Crippen LogP contribution in [0.15, 0.2) is 36.4 Å². The second kappa shape index (κ2) is 6.45. The van der Waals surface area contributed by atoms with E-state index in [0.29, 0.717) is 17.1 Å². The standard InChI is InChI=1S/C15H12ClFO4/c1-20-13-5-3-11(17)6-10(13)8-21-14-4-2-9(15(18)19)7-12(14)16/h2-7H,8H2,1H3,(H,18,19). The van der Waals surface area contributed by atoms with Gasteiger partial charge in [0.2, 0.25) is 0 Å². The normalized spacial score (nSPS) is 10.2. The molecule has 0 aliphatic rings. The molecule has 0 bridgehead atoms. The molecule has 0 saturated heterocycles. The highest BCUT2D eigenvalue weighted by Crippen LogP contribution is 2.28. The average Bonchev–Trinajstić information content (AvgIpc) is 2.46. The topological polar surface area (TPSA) is 55.8 Å². The quantitative estimate of drug-likeness (QED) is 0.913. The predicted octanol–water partition coefficient (Wildman–Crippen LogP) is 3.76. The Labute approximate surface area is 125 Å². The Balaban J connectivity index is 2.17. The molecule has 110 valence electrons. The monoisotopic (exact) mass is 310 g/mol. The number of hydrogen-bond donors (Lipinski definition) is 1. The highest BCUT2D eigenvalue weighted by atomic mass is 35.5. The molecule has 1 N–H and O–H groups in total. The van der Waals surface area contributed by atoms with Crippen LogP contribution in [-0.2, 0) is 6.61 Å². The summed E-state index contributed by atoms with van der Waals surface area (Å²) in [5, 5.41) is 9.02. The molecular formula is C15H12ClFO4. The number of benzene rings is 2. The lowest BCUT2D eigenvalue weighted by Gasteiger charge is -2.11. The summed E-state index contributed by atoms with van der Waals surface area (Å²) >= 11 is 5.95. The lowest BCUT2D eigenvalue weighted by Crippen LogP contribution is -2.01. The van der Waals surface area contributed by atoms with E-state index in [1.807, 2.05) is 0 Å². The van der Waals surface area contributed by atoms with Gasteiger partial charge in [0, 0.05) is 5.56 Å². The third-order valence-electron chi connectivity index (χ3n) is 2.80. The zero-order chi connectivity index (χ0) is 15.4. The molecule has 0 atom stereocenters. The molecule has 0 aliphatic heterocycles. The summed E-state index contributed by atoms with van der Waals surface area (Å²) in [6.45, 7) is 0.0487. The van der Waals surface area contributed by atoms with Gasteiger partial charge in [-0.1, -0.05) is 11.6 Å². The number of carbonyl (C=O) groups is 1. The first kappa shape index (κ1) is 15.1. The van der Waals surface area contributed by atoms with Crippen LogP contribution in [0.4, 0.5) is 4.39 Å². The largest absolute Gasteiger partial charge is 0.496 e. The van der Waals surface area contributed by atoms with Gasteiger partial charge in [0.25, 0.3) is 0 Å². The number of carboxylic acids is 1. The molecule has 0 heterocycles. The lowest BCUT2D eigenvalue weighted by molar-refractivity contribution is 0.0697. The molecule has 21 heavy (non-hydrogen) atoms. The van der Waals surface area contributed by atoms with Crippen molar-refractivity contribution in [2.24, 2.45) is 0 Å². The summed E-state index contributed by atoms with van der Waals surface area (Å²) in [6.07, 6.45) is 0. The zero-order valence-electron chi connectivity index (χ0n) is 11.1. The summed E-state index contributed by atoms with van der Waals surface area (Å²) in [4.78, 5) is 10.8. The molecule has 0 saturated carbocycles. The van der Waals surface area contributed by atoms with Crippen LogP contribution in [0.2, 0.25) is 5.02 Å². The number of aromatic carboxylic acids is 1. The van der Waals surface area contributed by atoms with Crippen molar-refractivity contribution in [1.29, 1.82) is 0 Å². The number of ether oxygens (including phenoxy) is 2. The minimum atomic E-state index is -1.07. The van der Waals surface area contributed by atoms with E-state index in [2.05, 4.69) is 0 Å². The minimum Gasteiger partial charge on any atom is -0.496 e. The maximum Gasteiger partial charge on any atom is 0.335 e. The zero-order valence-corrected chi connectivity index (χ0v) is 11.9. The molecule has 0 aliphatic carbocycles. The number of halogens is 2. The first-order valence-corrected chi connectivity index (χ1v) is 6.37. The molecule has 0 aromatic heterocycles. The van der Waals surface area contributed by atoms with Gasteiger partial charge in [-0.25, -0.2) is 9.18 Å². The van der Waals surface area contributed by atoms with Crippen LogP contribution in [0.3, 0.4) is 0 Å². The van der Waals surface area contributed by atoms with Gasteiger partial charge in [-0.3, -0.25) is 0 Å². The molecule has 0 fully saturated rings. The highest BCUT2D eigenvalue weighted by Gasteiger charge is 2.10. The van der Waals surface area contributed by atoms with Crippen LogP contribution in [0.1, 0.15) is 15.9 Å². The Morgan fingerprint density at radius 1 is 1.24 bits per heavy atom. The fourth-order valence-electron chi connectivity index (χ4n) is 1.77. The van der Waals surface area contributed by atoms with Gasteiger partial charge < -0.3 is 14.6 Å². The summed E-state index contributed by atoms with van der Waals surface area (Å²) in [5.74, 6) is -0.667. The second-order valence-electron chi connectivity index (χ2n) is 4.20. The predicted molar refractivity (Wildman–Crippen MR) is 75.7 cm³/mol. The minimum absolute atomic E-state index is 0.0487. The van der Waals surface area contributed by atoms with Gasteiger partial charge in [-0.15, -0.1) is 0 Å². The average molecular weight is 311 g/mol. The second-order valence-corrected chi connectivity index (χ2v) is 4.60. The van der Waals surface area contributed by atoms with Crippen molar-refractivity contribution in [3.63, 3.8) is 0 Å². The van der Waals surface area contributed by atoms with E-state index in [0.717, 1.165) is 0 Å². The maximum atomic E-state index is 13.2. The molecule has 2 rings (SSSR count). The SMILES string of the molecule is COc1ccc(F)cc1COc1ccc(C(=O)O)cc1Cl. The Kier molecular flexibility index (Phi) is 4.65. The van der Waals surface area contributed by atoms with Crippen LogP contribution < -0.4 is 9.47 Å². The molecule has 4 nitrogen and oxygen atoms in total. The van der Waals surface area contributed by atoms with Crippen LogP contribution in [0.25, 0.3) is 0 Å². The number of methoxy groups -OCH3 is 1. The summed E-state index contributed by atoms with van der Waals surface area (Å²) < 4.78 is 23.8. The van der Waals surface area contributed by atoms with Crippen LogP contribution >= 0.6 is 11.6 Å². The van der Waals surface area contributed by atoms with Crippen molar-refractivity contribution >= 4 is 17.6 Å². The Morgan fingerprint density at radius 2 is 1.95 bits per heavy atom. The Hall–Kier alpha value is -2.27. The van der Waals surface area contributed by atoms with Gasteiger partial charge in [-0.05, 0) is 36.4 Å². The van der Waals surface area contributed by atoms with E-state index in [9.17, 15) is 9.18 Å². The first-order chi connectivity index (χ1) is 10.0. The molecule has 2 aromatic rings. The molecule has 0 radical (unpaired) electrons. The van der Waals surface area contributed by atoms with E-state index >= 15 is 0 Å². The van der Waals surface area contributed by atoms with Gasteiger partial charge in [0.05, 0.1) is 17.7 Å². The van der Waals surface area contributed by atoms with Gasteiger partial charge in [0.1, 0.15) is 23.9 Å². The van der Waals surface area contributed by atoms with Crippen molar-refractivity contribution in [3.8, 4) is 11.5 Å². The third-order valence-corrected chi connectivity index (χ3v) is 3.10. The smallest absolute Gasteiger partial charge is 0.335 e. The molecule has 0 unspecified atom stereocenters. The fraction of sp³-hybridized carbons (Fsp3) is 0.133. The van der Waals surface area contributed by atoms with E-state index in [4.69, 9.17) is 26.2 Å². The van der Waals surface area contributed by atoms with Crippen molar-refractivity contribution in [2.75, 3.05) is 7.11 Å². The van der Waals surface area contributed by atoms with E-state index < -0.39 is 11.8 Å². The van der Waals surface area contributed by atoms with Gasteiger partial charge >= 0.3 is 5.97 Å². The fourth-order valence-corrected chi connectivity index (χ4v) is 2.00.